The molecular formula is C16H20F3N5. The monoisotopic (exact) mass is 339 g/mol. The van der Waals surface area contributed by atoms with Crippen molar-refractivity contribution in [1.82, 2.24) is 24.6 Å². The fourth-order valence-electron chi connectivity index (χ4n) is 2.82. The molecule has 1 aromatic carbocycles. The van der Waals surface area contributed by atoms with Gasteiger partial charge in [0.25, 0.3) is 0 Å². The Morgan fingerprint density at radius 3 is 2.17 bits per heavy atom. The van der Waals surface area contributed by atoms with E-state index in [4.69, 9.17) is 0 Å². The van der Waals surface area contributed by atoms with Crippen molar-refractivity contribution in [3.05, 3.63) is 48.0 Å². The highest BCUT2D eigenvalue weighted by Gasteiger charge is 2.30. The predicted molar refractivity (Wildman–Crippen MR) is 83.2 cm³/mol. The molecule has 0 saturated carbocycles. The van der Waals surface area contributed by atoms with Crippen molar-refractivity contribution >= 4 is 0 Å². The summed E-state index contributed by atoms with van der Waals surface area (Å²) in [5.41, 5.74) is 0.322. The minimum Gasteiger partial charge on any atom is -0.299 e. The number of alkyl halides is 3. The molecule has 0 amide bonds. The summed E-state index contributed by atoms with van der Waals surface area (Å²) < 4.78 is 39.5. The third kappa shape index (κ3) is 4.55. The average Bonchev–Trinajstić information content (AvgIpc) is 3.07. The Labute approximate surface area is 138 Å². The topological polar surface area (TPSA) is 37.2 Å². The van der Waals surface area contributed by atoms with E-state index < -0.39 is 11.7 Å². The van der Waals surface area contributed by atoms with E-state index >= 15 is 0 Å². The number of hydrogen-bond donors (Lipinski definition) is 0. The van der Waals surface area contributed by atoms with Crippen molar-refractivity contribution < 1.29 is 13.2 Å². The lowest BCUT2D eigenvalue weighted by Crippen LogP contribution is -2.46. The SMILES string of the molecule is FC(F)(F)c1ccc(CN2CCN(CCn3cncn3)CC2)cc1. The molecule has 0 atom stereocenters. The summed E-state index contributed by atoms with van der Waals surface area (Å²) in [4.78, 5) is 8.56. The van der Waals surface area contributed by atoms with Gasteiger partial charge in [-0.25, -0.2) is 4.98 Å². The Hall–Kier alpha value is -1.93. The molecule has 1 aliphatic heterocycles. The van der Waals surface area contributed by atoms with Crippen LogP contribution >= 0.6 is 0 Å². The Morgan fingerprint density at radius 1 is 0.917 bits per heavy atom. The summed E-state index contributed by atoms with van der Waals surface area (Å²) in [6, 6.07) is 5.45. The van der Waals surface area contributed by atoms with Gasteiger partial charge in [0.15, 0.2) is 0 Å². The van der Waals surface area contributed by atoms with Crippen LogP contribution in [0.15, 0.2) is 36.9 Å². The van der Waals surface area contributed by atoms with Gasteiger partial charge in [-0.15, -0.1) is 0 Å². The van der Waals surface area contributed by atoms with Crippen LogP contribution in [0.5, 0.6) is 0 Å². The first-order chi connectivity index (χ1) is 11.5. The van der Waals surface area contributed by atoms with E-state index in [1.807, 2.05) is 4.68 Å². The van der Waals surface area contributed by atoms with Gasteiger partial charge in [0, 0.05) is 39.3 Å². The molecule has 8 heteroatoms. The second-order valence-corrected chi connectivity index (χ2v) is 5.97. The van der Waals surface area contributed by atoms with Gasteiger partial charge >= 0.3 is 6.18 Å². The number of halogens is 3. The first-order valence-electron chi connectivity index (χ1n) is 7.94. The first-order valence-corrected chi connectivity index (χ1v) is 7.94. The zero-order valence-electron chi connectivity index (χ0n) is 13.3. The molecule has 0 unspecified atom stereocenters. The summed E-state index contributed by atoms with van der Waals surface area (Å²) in [6.45, 7) is 6.17. The maximum Gasteiger partial charge on any atom is 0.416 e. The Kier molecular flexibility index (Phi) is 5.15. The second kappa shape index (κ2) is 7.31. The summed E-state index contributed by atoms with van der Waals surface area (Å²) in [5.74, 6) is 0. The lowest BCUT2D eigenvalue weighted by atomic mass is 10.1. The van der Waals surface area contributed by atoms with Crippen LogP contribution in [0.4, 0.5) is 13.2 Å². The largest absolute Gasteiger partial charge is 0.416 e. The van der Waals surface area contributed by atoms with Crippen LogP contribution in [0.1, 0.15) is 11.1 Å². The fourth-order valence-corrected chi connectivity index (χ4v) is 2.82. The Morgan fingerprint density at radius 2 is 1.58 bits per heavy atom. The minimum atomic E-state index is -4.27. The lowest BCUT2D eigenvalue weighted by Gasteiger charge is -2.34. The van der Waals surface area contributed by atoms with Crippen LogP contribution in [0.3, 0.4) is 0 Å². The first kappa shape index (κ1) is 16.9. The second-order valence-electron chi connectivity index (χ2n) is 5.97. The zero-order valence-corrected chi connectivity index (χ0v) is 13.3. The minimum absolute atomic E-state index is 0.593. The lowest BCUT2D eigenvalue weighted by molar-refractivity contribution is -0.137. The third-order valence-corrected chi connectivity index (χ3v) is 4.26. The maximum atomic E-state index is 12.6. The summed E-state index contributed by atoms with van der Waals surface area (Å²) >= 11 is 0. The Bertz CT molecular complexity index is 616. The molecule has 0 radical (unpaired) electrons. The molecule has 2 aromatic rings. The summed E-state index contributed by atoms with van der Waals surface area (Å²) in [5, 5.41) is 4.08. The number of aromatic nitrogens is 3. The molecule has 130 valence electrons. The van der Waals surface area contributed by atoms with Crippen LogP contribution in [-0.4, -0.2) is 57.3 Å². The van der Waals surface area contributed by atoms with Crippen molar-refractivity contribution in [3.8, 4) is 0 Å². The van der Waals surface area contributed by atoms with Crippen LogP contribution in [-0.2, 0) is 19.3 Å². The molecular weight excluding hydrogens is 319 g/mol. The van der Waals surface area contributed by atoms with E-state index in [0.29, 0.717) is 6.54 Å². The van der Waals surface area contributed by atoms with Crippen molar-refractivity contribution in [2.75, 3.05) is 32.7 Å². The highest BCUT2D eigenvalue weighted by atomic mass is 19.4. The van der Waals surface area contributed by atoms with Crippen molar-refractivity contribution in [2.45, 2.75) is 19.3 Å². The number of piperazine rings is 1. The fraction of sp³-hybridized carbons (Fsp3) is 0.500. The van der Waals surface area contributed by atoms with Gasteiger partial charge in [0.05, 0.1) is 12.1 Å². The van der Waals surface area contributed by atoms with Crippen molar-refractivity contribution in [3.63, 3.8) is 0 Å². The van der Waals surface area contributed by atoms with E-state index in [1.54, 1.807) is 18.5 Å². The number of benzene rings is 1. The summed E-state index contributed by atoms with van der Waals surface area (Å²) in [7, 11) is 0. The zero-order chi connectivity index (χ0) is 17.0. The molecule has 0 aliphatic carbocycles. The Balaban J connectivity index is 1.43. The number of hydrogen-bond acceptors (Lipinski definition) is 4. The van der Waals surface area contributed by atoms with Crippen molar-refractivity contribution in [1.29, 1.82) is 0 Å². The highest BCUT2D eigenvalue weighted by molar-refractivity contribution is 5.24. The molecule has 0 N–H and O–H groups in total. The van der Waals surface area contributed by atoms with Gasteiger partial charge in [-0.05, 0) is 17.7 Å². The van der Waals surface area contributed by atoms with Crippen LogP contribution < -0.4 is 0 Å². The number of rotatable bonds is 5. The molecule has 5 nitrogen and oxygen atoms in total. The van der Waals surface area contributed by atoms with Crippen molar-refractivity contribution in [2.24, 2.45) is 0 Å². The van der Waals surface area contributed by atoms with E-state index in [1.165, 1.54) is 6.33 Å². The summed E-state index contributed by atoms with van der Waals surface area (Å²) in [6.07, 6.45) is -1.03. The van der Waals surface area contributed by atoms with E-state index in [-0.39, 0.29) is 0 Å². The van der Waals surface area contributed by atoms with E-state index in [2.05, 4.69) is 19.9 Å². The van der Waals surface area contributed by atoms with Gasteiger partial charge in [-0.1, -0.05) is 12.1 Å². The maximum absolute atomic E-state index is 12.6. The predicted octanol–water partition coefficient (Wildman–Crippen LogP) is 2.11. The molecule has 0 spiro atoms. The van der Waals surface area contributed by atoms with Gasteiger partial charge < -0.3 is 0 Å². The van der Waals surface area contributed by atoms with Crippen LogP contribution in [0, 0.1) is 0 Å². The highest BCUT2D eigenvalue weighted by Crippen LogP contribution is 2.29. The van der Waals surface area contributed by atoms with Gasteiger partial charge in [0.1, 0.15) is 12.7 Å². The smallest absolute Gasteiger partial charge is 0.299 e. The molecule has 1 fully saturated rings. The standard InChI is InChI=1S/C16H20F3N5/c17-16(18,19)15-3-1-14(2-4-15)11-23-7-5-22(6-8-23)9-10-24-13-20-12-21-24/h1-4,12-13H,5-11H2. The molecule has 0 bridgehead atoms. The van der Waals surface area contributed by atoms with Crippen LogP contribution in [0.25, 0.3) is 0 Å². The molecule has 24 heavy (non-hydrogen) atoms. The van der Waals surface area contributed by atoms with Crippen LogP contribution in [0.2, 0.25) is 0 Å². The molecule has 1 aromatic heterocycles. The molecule has 3 rings (SSSR count). The van der Waals surface area contributed by atoms with Gasteiger partial charge in [0.2, 0.25) is 0 Å². The molecule has 2 heterocycles. The van der Waals surface area contributed by atoms with Gasteiger partial charge in [-0.3, -0.25) is 14.5 Å². The quantitative estimate of drug-likeness (QED) is 0.836. The molecule has 1 saturated heterocycles. The van der Waals surface area contributed by atoms with Gasteiger partial charge in [-0.2, -0.15) is 18.3 Å². The number of nitrogens with zero attached hydrogens (tertiary/aromatic N) is 5. The average molecular weight is 339 g/mol. The normalized spacial score (nSPS) is 17.3. The third-order valence-electron chi connectivity index (χ3n) is 4.26. The van der Waals surface area contributed by atoms with E-state index in [9.17, 15) is 13.2 Å². The molecule has 1 aliphatic rings. The van der Waals surface area contributed by atoms with E-state index in [0.717, 1.165) is 57.0 Å².